The Morgan fingerprint density at radius 1 is 1.35 bits per heavy atom. The number of hydrogen-bond donors (Lipinski definition) is 2. The van der Waals surface area contributed by atoms with Crippen molar-refractivity contribution in [2.75, 3.05) is 34.9 Å². The van der Waals surface area contributed by atoms with Crippen molar-refractivity contribution in [3.8, 4) is 0 Å². The number of nitrogen functional groups attached to an aromatic ring is 1. The summed E-state index contributed by atoms with van der Waals surface area (Å²) < 4.78 is 22.7. The lowest BCUT2D eigenvalue weighted by molar-refractivity contribution is 0.586. The van der Waals surface area contributed by atoms with Crippen LogP contribution in [-0.2, 0) is 9.84 Å². The first-order valence-electron chi connectivity index (χ1n) is 5.28. The fourth-order valence-corrected chi connectivity index (χ4v) is 2.93. The normalized spacial score (nSPS) is 19.1. The van der Waals surface area contributed by atoms with Crippen molar-refractivity contribution in [3.63, 3.8) is 0 Å². The topological polar surface area (TPSA) is 101 Å². The van der Waals surface area contributed by atoms with E-state index in [-0.39, 0.29) is 11.5 Å². The number of sulfone groups is 1. The second-order valence-electron chi connectivity index (χ2n) is 3.94. The van der Waals surface area contributed by atoms with Crippen LogP contribution in [0.3, 0.4) is 0 Å². The van der Waals surface area contributed by atoms with Crippen LogP contribution in [0.5, 0.6) is 0 Å². The number of aromatic nitrogens is 2. The van der Waals surface area contributed by atoms with Crippen molar-refractivity contribution in [1.82, 2.24) is 9.97 Å². The largest absolute Gasteiger partial charge is 0.354 e. The van der Waals surface area contributed by atoms with E-state index in [2.05, 4.69) is 15.4 Å². The molecule has 2 rings (SSSR count). The molecule has 0 radical (unpaired) electrons. The van der Waals surface area contributed by atoms with Gasteiger partial charge in [0, 0.05) is 19.2 Å². The summed E-state index contributed by atoms with van der Waals surface area (Å²) in [6.07, 6.45) is 0. The molecule has 0 spiro atoms. The van der Waals surface area contributed by atoms with E-state index in [1.54, 1.807) is 13.0 Å². The van der Waals surface area contributed by atoms with Gasteiger partial charge in [0.25, 0.3) is 0 Å². The molecule has 0 unspecified atom stereocenters. The molecule has 0 bridgehead atoms. The van der Waals surface area contributed by atoms with E-state index in [4.69, 9.17) is 5.84 Å². The molecule has 1 saturated heterocycles. The molecule has 1 aromatic heterocycles. The summed E-state index contributed by atoms with van der Waals surface area (Å²) in [5, 5.41) is 0. The standard InChI is InChI=1S/C9H15N5O2S/c1-7-11-8(13-10)6-9(12-7)14-2-4-17(15,16)5-3-14/h6H,2-5,10H2,1H3,(H,11,12,13). The maximum absolute atomic E-state index is 11.3. The molecule has 2 heterocycles. The van der Waals surface area contributed by atoms with Gasteiger partial charge in [0.1, 0.15) is 17.5 Å². The first-order chi connectivity index (χ1) is 8.00. The van der Waals surface area contributed by atoms with Crippen LogP contribution in [0.25, 0.3) is 0 Å². The molecule has 0 amide bonds. The Morgan fingerprint density at radius 2 is 2.00 bits per heavy atom. The molecular formula is C9H15N5O2S. The van der Waals surface area contributed by atoms with Gasteiger partial charge in [-0.25, -0.2) is 24.2 Å². The van der Waals surface area contributed by atoms with Gasteiger partial charge in [0.15, 0.2) is 9.84 Å². The zero-order valence-electron chi connectivity index (χ0n) is 9.55. The van der Waals surface area contributed by atoms with Crippen molar-refractivity contribution in [1.29, 1.82) is 0 Å². The summed E-state index contributed by atoms with van der Waals surface area (Å²) in [4.78, 5) is 10.3. The third-order valence-corrected chi connectivity index (χ3v) is 4.25. The molecule has 3 N–H and O–H groups in total. The first-order valence-corrected chi connectivity index (χ1v) is 7.10. The quantitative estimate of drug-likeness (QED) is 0.534. The molecule has 0 saturated carbocycles. The SMILES string of the molecule is Cc1nc(NN)cc(N2CCS(=O)(=O)CC2)n1. The Hall–Kier alpha value is -1.41. The first kappa shape index (κ1) is 12.1. The molecule has 8 heteroatoms. The highest BCUT2D eigenvalue weighted by Gasteiger charge is 2.22. The van der Waals surface area contributed by atoms with Gasteiger partial charge in [-0.1, -0.05) is 0 Å². The van der Waals surface area contributed by atoms with Crippen molar-refractivity contribution in [3.05, 3.63) is 11.9 Å². The number of nitrogens with two attached hydrogens (primary N) is 1. The van der Waals surface area contributed by atoms with Crippen LogP contribution < -0.4 is 16.2 Å². The Balaban J connectivity index is 2.21. The molecule has 0 aliphatic carbocycles. The Morgan fingerprint density at radius 3 is 2.59 bits per heavy atom. The van der Waals surface area contributed by atoms with Crippen LogP contribution in [0.1, 0.15) is 5.82 Å². The Labute approximate surface area is 99.9 Å². The van der Waals surface area contributed by atoms with Gasteiger partial charge in [-0.3, -0.25) is 0 Å². The van der Waals surface area contributed by atoms with Gasteiger partial charge in [0.2, 0.25) is 0 Å². The lowest BCUT2D eigenvalue weighted by atomic mass is 10.4. The summed E-state index contributed by atoms with van der Waals surface area (Å²) in [6, 6.07) is 1.71. The molecule has 1 aromatic rings. The summed E-state index contributed by atoms with van der Waals surface area (Å²) in [5.74, 6) is 7.48. The monoisotopic (exact) mass is 257 g/mol. The summed E-state index contributed by atoms with van der Waals surface area (Å²) in [6.45, 7) is 2.69. The molecular weight excluding hydrogens is 242 g/mol. The van der Waals surface area contributed by atoms with E-state index in [0.29, 0.717) is 30.5 Å². The minimum absolute atomic E-state index is 0.168. The predicted molar refractivity (Wildman–Crippen MR) is 65.4 cm³/mol. The maximum Gasteiger partial charge on any atom is 0.153 e. The molecule has 1 fully saturated rings. The zero-order chi connectivity index (χ0) is 12.5. The third-order valence-electron chi connectivity index (χ3n) is 2.64. The fourth-order valence-electron chi connectivity index (χ4n) is 1.73. The molecule has 0 aromatic carbocycles. The van der Waals surface area contributed by atoms with Gasteiger partial charge in [-0.15, -0.1) is 0 Å². The van der Waals surface area contributed by atoms with Gasteiger partial charge in [0.05, 0.1) is 11.5 Å². The Bertz CT molecular complexity index is 502. The van der Waals surface area contributed by atoms with Gasteiger partial charge in [-0.05, 0) is 6.92 Å². The third kappa shape index (κ3) is 2.83. The molecule has 17 heavy (non-hydrogen) atoms. The molecule has 0 atom stereocenters. The van der Waals surface area contributed by atoms with Crippen molar-refractivity contribution < 1.29 is 8.42 Å². The summed E-state index contributed by atoms with van der Waals surface area (Å²) >= 11 is 0. The van der Waals surface area contributed by atoms with Crippen LogP contribution in [-0.4, -0.2) is 43.0 Å². The van der Waals surface area contributed by atoms with Crippen molar-refractivity contribution in [2.24, 2.45) is 5.84 Å². The van der Waals surface area contributed by atoms with E-state index in [9.17, 15) is 8.42 Å². The number of hydrazine groups is 1. The average Bonchev–Trinajstić information content (AvgIpc) is 2.28. The second kappa shape index (κ2) is 4.46. The van der Waals surface area contributed by atoms with E-state index < -0.39 is 9.84 Å². The highest BCUT2D eigenvalue weighted by Crippen LogP contribution is 2.17. The average molecular weight is 257 g/mol. The lowest BCUT2D eigenvalue weighted by Crippen LogP contribution is -2.40. The number of hydrogen-bond acceptors (Lipinski definition) is 7. The van der Waals surface area contributed by atoms with E-state index in [1.165, 1.54) is 0 Å². The minimum atomic E-state index is -2.87. The van der Waals surface area contributed by atoms with Crippen molar-refractivity contribution in [2.45, 2.75) is 6.92 Å². The van der Waals surface area contributed by atoms with Gasteiger partial charge < -0.3 is 10.3 Å². The van der Waals surface area contributed by atoms with E-state index in [1.807, 2.05) is 4.90 Å². The summed E-state index contributed by atoms with van der Waals surface area (Å²) in [7, 11) is -2.87. The second-order valence-corrected chi connectivity index (χ2v) is 6.25. The summed E-state index contributed by atoms with van der Waals surface area (Å²) in [5.41, 5.74) is 2.47. The molecule has 1 aliphatic heterocycles. The van der Waals surface area contributed by atoms with Gasteiger partial charge >= 0.3 is 0 Å². The predicted octanol–water partition coefficient (Wildman–Crippen LogP) is -0.695. The number of nitrogens with one attached hydrogen (secondary N) is 1. The smallest absolute Gasteiger partial charge is 0.153 e. The number of aryl methyl sites for hydroxylation is 1. The highest BCUT2D eigenvalue weighted by molar-refractivity contribution is 7.91. The van der Waals surface area contributed by atoms with Crippen LogP contribution in [0, 0.1) is 6.92 Å². The maximum atomic E-state index is 11.3. The lowest BCUT2D eigenvalue weighted by Gasteiger charge is -2.27. The number of nitrogens with zero attached hydrogens (tertiary/aromatic N) is 3. The molecule has 7 nitrogen and oxygen atoms in total. The highest BCUT2D eigenvalue weighted by atomic mass is 32.2. The van der Waals surface area contributed by atoms with Crippen LogP contribution in [0.4, 0.5) is 11.6 Å². The van der Waals surface area contributed by atoms with Gasteiger partial charge in [-0.2, -0.15) is 0 Å². The van der Waals surface area contributed by atoms with Crippen LogP contribution in [0.2, 0.25) is 0 Å². The Kier molecular flexibility index (Phi) is 3.16. The zero-order valence-corrected chi connectivity index (χ0v) is 10.4. The van der Waals surface area contributed by atoms with Crippen LogP contribution >= 0.6 is 0 Å². The van der Waals surface area contributed by atoms with Crippen molar-refractivity contribution >= 4 is 21.5 Å². The van der Waals surface area contributed by atoms with E-state index in [0.717, 1.165) is 0 Å². The molecule has 1 aliphatic rings. The fraction of sp³-hybridized carbons (Fsp3) is 0.556. The van der Waals surface area contributed by atoms with Crippen LogP contribution in [0.15, 0.2) is 6.07 Å². The minimum Gasteiger partial charge on any atom is -0.354 e. The van der Waals surface area contributed by atoms with E-state index >= 15 is 0 Å². The number of rotatable bonds is 2. The number of anilines is 2. The molecule has 94 valence electrons.